The summed E-state index contributed by atoms with van der Waals surface area (Å²) in [6, 6.07) is 8.33. The van der Waals surface area contributed by atoms with Crippen molar-refractivity contribution in [2.45, 2.75) is 39.8 Å². The first-order valence-electron chi connectivity index (χ1n) is 10.6. The van der Waals surface area contributed by atoms with Crippen molar-refractivity contribution in [3.8, 4) is 0 Å². The number of benzene rings is 2. The molecule has 3 amide bonds. The number of hydrogen-bond acceptors (Lipinski definition) is 3. The van der Waals surface area contributed by atoms with Gasteiger partial charge in [0, 0.05) is 32.9 Å². The van der Waals surface area contributed by atoms with E-state index in [-0.39, 0.29) is 17.8 Å². The molecule has 2 heterocycles. The third-order valence-electron chi connectivity index (χ3n) is 6.02. The van der Waals surface area contributed by atoms with Gasteiger partial charge in [-0.05, 0) is 74.7 Å². The number of carbonyl (C=O) groups is 2. The number of allylic oxidation sites excluding steroid dienone is 1. The first kappa shape index (κ1) is 23.7. The molecule has 2 aliphatic rings. The molecule has 0 unspecified atom stereocenters. The molecule has 4 rings (SSSR count). The first-order chi connectivity index (χ1) is 15.5. The summed E-state index contributed by atoms with van der Waals surface area (Å²) in [6.45, 7) is 9.38. The lowest BCUT2D eigenvalue weighted by Crippen LogP contribution is -2.44. The highest BCUT2D eigenvalue weighted by molar-refractivity contribution is 6.35. The Bertz CT molecular complexity index is 1230. The number of likely N-dealkylation sites (N-methyl/N-ethyl adjacent to an activating group) is 1. The molecule has 0 aliphatic carbocycles. The minimum atomic E-state index is -0.513. The van der Waals surface area contributed by atoms with Crippen LogP contribution in [0.4, 0.5) is 10.5 Å². The molecule has 0 atom stereocenters. The van der Waals surface area contributed by atoms with E-state index < -0.39 is 11.9 Å². The van der Waals surface area contributed by atoms with Gasteiger partial charge in [0.25, 0.3) is 5.91 Å². The molecule has 1 saturated heterocycles. The molecule has 172 valence electrons. The predicted molar refractivity (Wildman–Crippen MR) is 136 cm³/mol. The smallest absolute Gasteiger partial charge is 0.329 e. The molecular formula is C25H24Cl3N3O2. The van der Waals surface area contributed by atoms with Gasteiger partial charge in [0.05, 0.1) is 12.1 Å². The molecule has 2 aromatic rings. The molecule has 1 N–H and O–H groups in total. The van der Waals surface area contributed by atoms with E-state index in [2.05, 4.69) is 44.0 Å². The van der Waals surface area contributed by atoms with Crippen LogP contribution in [0.1, 0.15) is 44.4 Å². The van der Waals surface area contributed by atoms with E-state index in [1.54, 1.807) is 24.3 Å². The lowest BCUT2D eigenvalue weighted by Gasteiger charge is -2.43. The van der Waals surface area contributed by atoms with E-state index in [0.29, 0.717) is 26.2 Å². The van der Waals surface area contributed by atoms with Crippen LogP contribution in [0.3, 0.4) is 0 Å². The molecule has 5 nitrogen and oxygen atoms in total. The standard InChI is InChI=1S/C25H24Cl3N3O2/c1-5-31-22-11-20(28)16(8-18(22)14(2)12-25(31,3)4)9-21-23(32)30(24(33)29-21)13-15-6-7-17(26)10-19(15)27/h6-12H,5,13H2,1-4H3,(H,29,33)/b21-9+. The summed E-state index contributed by atoms with van der Waals surface area (Å²) in [7, 11) is 0. The van der Waals surface area contributed by atoms with Crippen LogP contribution in [0, 0.1) is 0 Å². The second-order valence-corrected chi connectivity index (χ2v) is 9.98. The van der Waals surface area contributed by atoms with Gasteiger partial charge in [0.1, 0.15) is 5.70 Å². The number of urea groups is 1. The molecule has 8 heteroatoms. The Morgan fingerprint density at radius 1 is 1.06 bits per heavy atom. The number of fused-ring (bicyclic) bond motifs is 1. The second kappa shape index (κ2) is 8.71. The number of hydrogen-bond donors (Lipinski definition) is 1. The van der Waals surface area contributed by atoms with Crippen LogP contribution >= 0.6 is 34.8 Å². The summed E-state index contributed by atoms with van der Waals surface area (Å²) >= 11 is 18.8. The fourth-order valence-electron chi connectivity index (χ4n) is 4.49. The van der Waals surface area contributed by atoms with Gasteiger partial charge in [-0.1, -0.05) is 46.9 Å². The third kappa shape index (κ3) is 4.37. The van der Waals surface area contributed by atoms with Crippen LogP contribution < -0.4 is 10.2 Å². The van der Waals surface area contributed by atoms with Crippen LogP contribution in [-0.4, -0.2) is 28.9 Å². The van der Waals surface area contributed by atoms with Crippen molar-refractivity contribution in [3.05, 3.63) is 73.9 Å². The van der Waals surface area contributed by atoms with Crippen LogP contribution in [0.5, 0.6) is 0 Å². The molecule has 0 radical (unpaired) electrons. The van der Waals surface area contributed by atoms with Gasteiger partial charge in [0.15, 0.2) is 0 Å². The number of nitrogens with one attached hydrogen (secondary N) is 1. The average molecular weight is 505 g/mol. The van der Waals surface area contributed by atoms with Crippen LogP contribution in [0.2, 0.25) is 15.1 Å². The molecule has 2 aromatic carbocycles. The summed E-state index contributed by atoms with van der Waals surface area (Å²) in [4.78, 5) is 28.9. The van der Waals surface area contributed by atoms with Crippen molar-refractivity contribution in [1.82, 2.24) is 10.2 Å². The normalized spacial score (nSPS) is 18.5. The number of nitrogens with zero attached hydrogens (tertiary/aromatic N) is 2. The summed E-state index contributed by atoms with van der Waals surface area (Å²) in [5, 5.41) is 4.03. The number of carbonyl (C=O) groups excluding carboxylic acids is 2. The van der Waals surface area contributed by atoms with Crippen molar-refractivity contribution < 1.29 is 9.59 Å². The van der Waals surface area contributed by atoms with E-state index in [1.165, 1.54) is 0 Å². The number of imide groups is 1. The van der Waals surface area contributed by atoms with Crippen LogP contribution in [-0.2, 0) is 11.3 Å². The van der Waals surface area contributed by atoms with E-state index in [4.69, 9.17) is 34.8 Å². The van der Waals surface area contributed by atoms with Gasteiger partial charge in [0.2, 0.25) is 0 Å². The lowest BCUT2D eigenvalue weighted by atomic mass is 9.88. The van der Waals surface area contributed by atoms with Gasteiger partial charge in [-0.25, -0.2) is 4.79 Å². The molecular weight excluding hydrogens is 481 g/mol. The Kier molecular flexibility index (Phi) is 6.25. The lowest BCUT2D eigenvalue weighted by molar-refractivity contribution is -0.123. The fourth-order valence-corrected chi connectivity index (χ4v) is 5.17. The SMILES string of the molecule is CCN1c2cc(Cl)c(/C=C3/NC(=O)N(Cc4ccc(Cl)cc4Cl)C3=O)cc2C(C)=CC1(C)C. The Balaban J connectivity index is 1.67. The number of halogens is 3. The highest BCUT2D eigenvalue weighted by Gasteiger charge is 2.35. The summed E-state index contributed by atoms with van der Waals surface area (Å²) in [5.41, 5.74) is 4.56. The zero-order chi connectivity index (χ0) is 24.1. The Labute approximate surface area is 208 Å². The van der Waals surface area contributed by atoms with E-state index in [0.717, 1.165) is 28.3 Å². The minimum absolute atomic E-state index is 0.0400. The molecule has 0 spiro atoms. The highest BCUT2D eigenvalue weighted by atomic mass is 35.5. The van der Waals surface area contributed by atoms with Crippen molar-refractivity contribution in [1.29, 1.82) is 0 Å². The molecule has 0 aromatic heterocycles. The van der Waals surface area contributed by atoms with Crippen LogP contribution in [0.15, 0.2) is 42.1 Å². The average Bonchev–Trinajstić information content (AvgIpc) is 2.98. The van der Waals surface area contributed by atoms with E-state index in [1.807, 2.05) is 12.1 Å². The van der Waals surface area contributed by atoms with E-state index >= 15 is 0 Å². The van der Waals surface area contributed by atoms with Gasteiger partial charge in [-0.15, -0.1) is 0 Å². The van der Waals surface area contributed by atoms with Crippen molar-refractivity contribution >= 4 is 64.1 Å². The maximum Gasteiger partial charge on any atom is 0.329 e. The molecule has 1 fully saturated rings. The van der Waals surface area contributed by atoms with Gasteiger partial charge in [-0.3, -0.25) is 9.69 Å². The summed E-state index contributed by atoms with van der Waals surface area (Å²) in [6.07, 6.45) is 3.85. The van der Waals surface area contributed by atoms with E-state index in [9.17, 15) is 9.59 Å². The molecule has 2 aliphatic heterocycles. The maximum atomic E-state index is 13.0. The zero-order valence-corrected chi connectivity index (χ0v) is 21.1. The van der Waals surface area contributed by atoms with Crippen molar-refractivity contribution in [3.63, 3.8) is 0 Å². The zero-order valence-electron chi connectivity index (χ0n) is 18.8. The summed E-state index contributed by atoms with van der Waals surface area (Å²) < 4.78 is 0. The highest BCUT2D eigenvalue weighted by Crippen LogP contribution is 2.41. The number of anilines is 1. The number of rotatable bonds is 4. The van der Waals surface area contributed by atoms with Gasteiger partial charge < -0.3 is 10.2 Å². The topological polar surface area (TPSA) is 52.7 Å². The Morgan fingerprint density at radius 2 is 1.79 bits per heavy atom. The first-order valence-corrected chi connectivity index (χ1v) is 11.7. The number of amides is 3. The summed E-state index contributed by atoms with van der Waals surface area (Å²) in [5.74, 6) is -0.441. The Morgan fingerprint density at radius 3 is 2.45 bits per heavy atom. The minimum Gasteiger partial charge on any atom is -0.363 e. The molecule has 33 heavy (non-hydrogen) atoms. The maximum absolute atomic E-state index is 13.0. The monoisotopic (exact) mass is 503 g/mol. The van der Waals surface area contributed by atoms with Crippen LogP contribution in [0.25, 0.3) is 11.6 Å². The molecule has 0 saturated carbocycles. The predicted octanol–water partition coefficient (Wildman–Crippen LogP) is 6.76. The van der Waals surface area contributed by atoms with Gasteiger partial charge in [-0.2, -0.15) is 0 Å². The molecule has 0 bridgehead atoms. The van der Waals surface area contributed by atoms with Crippen molar-refractivity contribution in [2.75, 3.05) is 11.4 Å². The second-order valence-electron chi connectivity index (χ2n) is 8.73. The quantitative estimate of drug-likeness (QED) is 0.370. The third-order valence-corrected chi connectivity index (χ3v) is 6.93. The van der Waals surface area contributed by atoms with Gasteiger partial charge >= 0.3 is 6.03 Å². The fraction of sp³-hybridized carbons (Fsp3) is 0.280. The Hall–Kier alpha value is -2.47. The largest absolute Gasteiger partial charge is 0.363 e. The van der Waals surface area contributed by atoms with Crippen molar-refractivity contribution in [2.24, 2.45) is 0 Å².